The van der Waals surface area contributed by atoms with Crippen LogP contribution in [0, 0.1) is 0 Å². The second-order valence-corrected chi connectivity index (χ2v) is 3.11. The maximum atomic E-state index is 9.24. The van der Waals surface area contributed by atoms with Crippen LogP contribution in [0.25, 0.3) is 0 Å². The lowest BCUT2D eigenvalue weighted by atomic mass is 10.2. The van der Waals surface area contributed by atoms with Gasteiger partial charge in [0.1, 0.15) is 0 Å². The number of hydrogen-bond donors (Lipinski definition) is 2. The highest BCUT2D eigenvalue weighted by Gasteiger charge is 2.10. The molecule has 0 fully saturated rings. The molecule has 0 amide bonds. The predicted octanol–water partition coefficient (Wildman–Crippen LogP) is 1.07. The van der Waals surface area contributed by atoms with Crippen molar-refractivity contribution in [3.05, 3.63) is 12.2 Å². The number of aliphatic hydroxyl groups excluding tert-OH is 1. The van der Waals surface area contributed by atoms with E-state index in [0.29, 0.717) is 6.04 Å². The molecule has 0 aromatic rings. The summed E-state index contributed by atoms with van der Waals surface area (Å²) in [6.45, 7) is 2.74. The highest BCUT2D eigenvalue weighted by atomic mass is 16.3. The molecule has 0 radical (unpaired) electrons. The minimum absolute atomic E-state index is 0.171. The number of rotatable bonds is 4. The topological polar surface area (TPSA) is 32.3 Å². The van der Waals surface area contributed by atoms with Crippen LogP contribution in [-0.4, -0.2) is 23.8 Å². The van der Waals surface area contributed by atoms with Gasteiger partial charge in [-0.15, -0.1) is 0 Å². The lowest BCUT2D eigenvalue weighted by Gasteiger charge is -2.14. The number of aliphatic hydroxyl groups is 1. The third-order valence-electron chi connectivity index (χ3n) is 2.12. The molecule has 0 aromatic heterocycles. The van der Waals surface area contributed by atoms with Crippen molar-refractivity contribution in [3.8, 4) is 0 Å². The van der Waals surface area contributed by atoms with Crippen molar-refractivity contribution < 1.29 is 5.11 Å². The summed E-state index contributed by atoms with van der Waals surface area (Å²) in [6, 6.07) is 0.580. The summed E-state index contributed by atoms with van der Waals surface area (Å²) >= 11 is 0. The fourth-order valence-electron chi connectivity index (χ4n) is 1.23. The zero-order valence-electron chi connectivity index (χ0n) is 7.09. The predicted molar refractivity (Wildman–Crippen MR) is 46.5 cm³/mol. The minimum Gasteiger partial charge on any atom is -0.392 e. The van der Waals surface area contributed by atoms with Gasteiger partial charge in [-0.2, -0.15) is 0 Å². The number of nitrogens with one attached hydrogen (secondary N) is 1. The molecule has 2 nitrogen and oxygen atoms in total. The first kappa shape index (κ1) is 8.75. The molecule has 1 atom stereocenters. The zero-order chi connectivity index (χ0) is 8.10. The number of hydrogen-bond acceptors (Lipinski definition) is 2. The van der Waals surface area contributed by atoms with E-state index in [4.69, 9.17) is 0 Å². The van der Waals surface area contributed by atoms with Gasteiger partial charge in [0.15, 0.2) is 0 Å². The molecule has 2 heteroatoms. The summed E-state index contributed by atoms with van der Waals surface area (Å²) in [5, 5.41) is 12.6. The molecule has 0 bridgehead atoms. The summed E-state index contributed by atoms with van der Waals surface area (Å²) in [4.78, 5) is 0. The summed E-state index contributed by atoms with van der Waals surface area (Å²) in [5.74, 6) is 0. The van der Waals surface area contributed by atoms with Crippen molar-refractivity contribution in [1.29, 1.82) is 0 Å². The van der Waals surface area contributed by atoms with E-state index in [2.05, 4.69) is 17.5 Å². The van der Waals surface area contributed by atoms with Gasteiger partial charge in [0, 0.05) is 12.6 Å². The SMILES string of the molecule is CCC(O)CNC1CC=CC1. The molecule has 1 aliphatic rings. The lowest BCUT2D eigenvalue weighted by molar-refractivity contribution is 0.163. The highest BCUT2D eigenvalue weighted by Crippen LogP contribution is 2.08. The van der Waals surface area contributed by atoms with E-state index in [0.717, 1.165) is 25.8 Å². The van der Waals surface area contributed by atoms with Crippen molar-refractivity contribution in [2.45, 2.75) is 38.3 Å². The van der Waals surface area contributed by atoms with E-state index in [1.54, 1.807) is 0 Å². The van der Waals surface area contributed by atoms with Crippen LogP contribution in [0.1, 0.15) is 26.2 Å². The van der Waals surface area contributed by atoms with Gasteiger partial charge in [-0.25, -0.2) is 0 Å². The molecule has 1 aliphatic carbocycles. The van der Waals surface area contributed by atoms with Gasteiger partial charge >= 0.3 is 0 Å². The Kier molecular flexibility index (Phi) is 3.60. The fourth-order valence-corrected chi connectivity index (χ4v) is 1.23. The minimum atomic E-state index is -0.171. The van der Waals surface area contributed by atoms with Crippen LogP contribution in [0.15, 0.2) is 12.2 Å². The van der Waals surface area contributed by atoms with Crippen LogP contribution in [0.5, 0.6) is 0 Å². The smallest absolute Gasteiger partial charge is 0.0662 e. The standard InChI is InChI=1S/C9H17NO/c1-2-9(11)7-10-8-5-3-4-6-8/h3-4,8-11H,2,5-7H2,1H3. The van der Waals surface area contributed by atoms with E-state index in [1.807, 2.05) is 6.92 Å². The highest BCUT2D eigenvalue weighted by molar-refractivity contribution is 4.97. The Morgan fingerprint density at radius 2 is 2.18 bits per heavy atom. The van der Waals surface area contributed by atoms with Gasteiger partial charge < -0.3 is 10.4 Å². The molecule has 0 aromatic carbocycles. The molecular weight excluding hydrogens is 138 g/mol. The van der Waals surface area contributed by atoms with Crippen molar-refractivity contribution in [3.63, 3.8) is 0 Å². The van der Waals surface area contributed by atoms with E-state index < -0.39 is 0 Å². The van der Waals surface area contributed by atoms with Crippen LogP contribution in [0.2, 0.25) is 0 Å². The first-order valence-corrected chi connectivity index (χ1v) is 4.39. The summed E-state index contributed by atoms with van der Waals surface area (Å²) in [5.41, 5.74) is 0. The molecule has 1 unspecified atom stereocenters. The molecule has 64 valence electrons. The summed E-state index contributed by atoms with van der Waals surface area (Å²) in [6.07, 6.45) is 7.29. The Balaban J connectivity index is 2.03. The average Bonchev–Trinajstić information content (AvgIpc) is 2.52. The molecular formula is C9H17NO. The Bertz CT molecular complexity index is 126. The average molecular weight is 155 g/mol. The van der Waals surface area contributed by atoms with Crippen molar-refractivity contribution in [2.75, 3.05) is 6.54 Å². The summed E-state index contributed by atoms with van der Waals surface area (Å²) < 4.78 is 0. The van der Waals surface area contributed by atoms with E-state index >= 15 is 0 Å². The second kappa shape index (κ2) is 4.52. The van der Waals surface area contributed by atoms with Crippen LogP contribution >= 0.6 is 0 Å². The van der Waals surface area contributed by atoms with Gasteiger partial charge in [-0.1, -0.05) is 19.1 Å². The molecule has 2 N–H and O–H groups in total. The maximum absolute atomic E-state index is 9.24. The van der Waals surface area contributed by atoms with Gasteiger partial charge in [-0.05, 0) is 19.3 Å². The Morgan fingerprint density at radius 3 is 2.73 bits per heavy atom. The van der Waals surface area contributed by atoms with Gasteiger partial charge in [0.25, 0.3) is 0 Å². The van der Waals surface area contributed by atoms with Crippen molar-refractivity contribution >= 4 is 0 Å². The van der Waals surface area contributed by atoms with Crippen LogP contribution in [0.3, 0.4) is 0 Å². The molecule has 0 saturated carbocycles. The van der Waals surface area contributed by atoms with Gasteiger partial charge in [0.05, 0.1) is 6.10 Å². The molecule has 0 saturated heterocycles. The van der Waals surface area contributed by atoms with Crippen molar-refractivity contribution in [2.24, 2.45) is 0 Å². The monoisotopic (exact) mass is 155 g/mol. The quantitative estimate of drug-likeness (QED) is 0.595. The van der Waals surface area contributed by atoms with E-state index in [-0.39, 0.29) is 6.10 Å². The molecule has 0 aliphatic heterocycles. The molecule has 0 heterocycles. The van der Waals surface area contributed by atoms with Crippen LogP contribution < -0.4 is 5.32 Å². The van der Waals surface area contributed by atoms with Crippen LogP contribution in [0.4, 0.5) is 0 Å². The third kappa shape index (κ3) is 3.04. The molecule has 0 spiro atoms. The molecule has 11 heavy (non-hydrogen) atoms. The lowest BCUT2D eigenvalue weighted by Crippen LogP contribution is -2.33. The Hall–Kier alpha value is -0.340. The Labute approximate surface area is 68.3 Å². The van der Waals surface area contributed by atoms with Gasteiger partial charge in [-0.3, -0.25) is 0 Å². The second-order valence-electron chi connectivity index (χ2n) is 3.11. The third-order valence-corrected chi connectivity index (χ3v) is 2.12. The van der Waals surface area contributed by atoms with Crippen molar-refractivity contribution in [1.82, 2.24) is 5.32 Å². The normalized spacial score (nSPS) is 20.9. The van der Waals surface area contributed by atoms with Gasteiger partial charge in [0.2, 0.25) is 0 Å². The summed E-state index contributed by atoms with van der Waals surface area (Å²) in [7, 11) is 0. The van der Waals surface area contributed by atoms with E-state index in [1.165, 1.54) is 0 Å². The largest absolute Gasteiger partial charge is 0.392 e. The molecule has 1 rings (SSSR count). The first-order valence-electron chi connectivity index (χ1n) is 4.39. The zero-order valence-corrected chi connectivity index (χ0v) is 7.09. The first-order chi connectivity index (χ1) is 5.33. The van der Waals surface area contributed by atoms with Crippen LogP contribution in [-0.2, 0) is 0 Å². The maximum Gasteiger partial charge on any atom is 0.0662 e. The Morgan fingerprint density at radius 1 is 1.55 bits per heavy atom. The fraction of sp³-hybridized carbons (Fsp3) is 0.778. The van der Waals surface area contributed by atoms with E-state index in [9.17, 15) is 5.11 Å².